The van der Waals surface area contributed by atoms with E-state index in [-0.39, 0.29) is 4.90 Å². The van der Waals surface area contributed by atoms with Crippen molar-refractivity contribution in [3.05, 3.63) is 12.4 Å². The molecule has 1 heterocycles. The maximum Gasteiger partial charge on any atom is 0.402 e. The van der Waals surface area contributed by atoms with E-state index in [1.807, 2.05) is 6.92 Å². The molecule has 0 aromatic carbocycles. The number of hydrogen-bond donors (Lipinski definition) is 2. The summed E-state index contributed by atoms with van der Waals surface area (Å²) < 4.78 is 61.8. The third-order valence-corrected chi connectivity index (χ3v) is 3.51. The predicted molar refractivity (Wildman–Crippen MR) is 62.0 cm³/mol. The Bertz CT molecular complexity index is 498. The monoisotopic (exact) mass is 300 g/mol. The van der Waals surface area contributed by atoms with E-state index in [1.54, 1.807) is 0 Å². The van der Waals surface area contributed by atoms with Crippen molar-refractivity contribution in [1.82, 2.24) is 19.8 Å². The summed E-state index contributed by atoms with van der Waals surface area (Å²) in [5, 5.41) is 6.79. The Morgan fingerprint density at radius 2 is 2.11 bits per heavy atom. The van der Waals surface area contributed by atoms with Crippen LogP contribution in [-0.4, -0.2) is 44.0 Å². The number of alkyl halides is 3. The van der Waals surface area contributed by atoms with Crippen LogP contribution < -0.4 is 10.0 Å². The molecule has 6 nitrogen and oxygen atoms in total. The highest BCUT2D eigenvalue weighted by molar-refractivity contribution is 7.89. The van der Waals surface area contributed by atoms with Gasteiger partial charge in [-0.25, -0.2) is 13.1 Å². The zero-order chi connectivity index (χ0) is 14.5. The molecule has 0 aliphatic carbocycles. The lowest BCUT2D eigenvalue weighted by Gasteiger charge is -2.07. The Morgan fingerprint density at radius 3 is 2.68 bits per heavy atom. The molecular weight excluding hydrogens is 285 g/mol. The van der Waals surface area contributed by atoms with E-state index in [0.717, 1.165) is 12.7 Å². The van der Waals surface area contributed by atoms with Crippen LogP contribution in [0, 0.1) is 0 Å². The third-order valence-electron chi connectivity index (χ3n) is 2.15. The number of aromatic nitrogens is 2. The molecule has 0 saturated heterocycles. The molecule has 19 heavy (non-hydrogen) atoms. The highest BCUT2D eigenvalue weighted by Crippen LogP contribution is 2.14. The van der Waals surface area contributed by atoms with Crippen LogP contribution in [0.3, 0.4) is 0 Å². The standard InChI is InChI=1S/C9H15F3N4O2S/c1-2-13-3-4-16-6-8(5-14-16)19(17,18)15-7-9(10,11)12/h5-6,13,15H,2-4,7H2,1H3. The largest absolute Gasteiger partial charge is 0.402 e. The molecule has 0 aliphatic heterocycles. The van der Waals surface area contributed by atoms with Gasteiger partial charge in [-0.1, -0.05) is 6.92 Å². The lowest BCUT2D eigenvalue weighted by molar-refractivity contribution is -0.121. The van der Waals surface area contributed by atoms with Crippen LogP contribution in [0.25, 0.3) is 0 Å². The van der Waals surface area contributed by atoms with Gasteiger partial charge in [0.25, 0.3) is 0 Å². The van der Waals surface area contributed by atoms with Crippen molar-refractivity contribution in [1.29, 1.82) is 0 Å². The maximum absolute atomic E-state index is 12.0. The number of hydrogen-bond acceptors (Lipinski definition) is 4. The van der Waals surface area contributed by atoms with E-state index in [4.69, 9.17) is 0 Å². The highest BCUT2D eigenvalue weighted by atomic mass is 32.2. The Hall–Kier alpha value is -1.13. The van der Waals surface area contributed by atoms with Crippen LogP contribution in [0.15, 0.2) is 17.3 Å². The van der Waals surface area contributed by atoms with Gasteiger partial charge in [-0.05, 0) is 6.54 Å². The van der Waals surface area contributed by atoms with Gasteiger partial charge >= 0.3 is 6.18 Å². The normalized spacial score (nSPS) is 12.8. The second-order valence-electron chi connectivity index (χ2n) is 3.73. The fourth-order valence-corrected chi connectivity index (χ4v) is 2.20. The first kappa shape index (κ1) is 15.9. The highest BCUT2D eigenvalue weighted by Gasteiger charge is 2.30. The predicted octanol–water partition coefficient (Wildman–Crippen LogP) is 0.333. The number of likely N-dealkylation sites (N-methyl/N-ethyl adjacent to an activating group) is 1. The van der Waals surface area contributed by atoms with Gasteiger partial charge in [0.15, 0.2) is 0 Å². The second kappa shape index (κ2) is 6.35. The van der Waals surface area contributed by atoms with Gasteiger partial charge in [0.1, 0.15) is 11.4 Å². The minimum Gasteiger partial charge on any atom is -0.315 e. The fraction of sp³-hybridized carbons (Fsp3) is 0.667. The van der Waals surface area contributed by atoms with Gasteiger partial charge in [-0.15, -0.1) is 0 Å². The van der Waals surface area contributed by atoms with E-state index in [0.29, 0.717) is 13.1 Å². The molecule has 0 spiro atoms. The topological polar surface area (TPSA) is 76.0 Å². The summed E-state index contributed by atoms with van der Waals surface area (Å²) in [5.74, 6) is 0. The Kier molecular flexibility index (Phi) is 5.32. The van der Waals surface area contributed by atoms with Crippen molar-refractivity contribution in [2.24, 2.45) is 0 Å². The minimum absolute atomic E-state index is 0.284. The molecule has 0 atom stereocenters. The Morgan fingerprint density at radius 1 is 1.42 bits per heavy atom. The van der Waals surface area contributed by atoms with Crippen molar-refractivity contribution in [3.63, 3.8) is 0 Å². The van der Waals surface area contributed by atoms with Gasteiger partial charge in [-0.2, -0.15) is 18.3 Å². The summed E-state index contributed by atoms with van der Waals surface area (Å²) in [6.45, 7) is 2.10. The summed E-state index contributed by atoms with van der Waals surface area (Å²) in [5.41, 5.74) is 0. The van der Waals surface area contributed by atoms with Crippen molar-refractivity contribution in [3.8, 4) is 0 Å². The molecule has 0 bridgehead atoms. The number of nitrogens with one attached hydrogen (secondary N) is 2. The summed E-state index contributed by atoms with van der Waals surface area (Å²) in [6, 6.07) is 0. The third kappa shape index (κ3) is 5.57. The molecule has 0 saturated carbocycles. The summed E-state index contributed by atoms with van der Waals surface area (Å²) >= 11 is 0. The van der Waals surface area contributed by atoms with Crippen molar-refractivity contribution >= 4 is 10.0 Å². The van der Waals surface area contributed by atoms with Gasteiger partial charge in [0.05, 0.1) is 12.7 Å². The molecule has 2 N–H and O–H groups in total. The zero-order valence-corrected chi connectivity index (χ0v) is 11.1. The molecule has 1 aromatic rings. The van der Waals surface area contributed by atoms with Crippen LogP contribution in [0.4, 0.5) is 13.2 Å². The number of nitrogens with zero attached hydrogens (tertiary/aromatic N) is 2. The average molecular weight is 300 g/mol. The number of rotatable bonds is 7. The quantitative estimate of drug-likeness (QED) is 0.712. The first-order chi connectivity index (χ1) is 8.74. The summed E-state index contributed by atoms with van der Waals surface area (Å²) in [4.78, 5) is -0.284. The van der Waals surface area contributed by atoms with Crippen LogP contribution >= 0.6 is 0 Å². The molecule has 110 valence electrons. The van der Waals surface area contributed by atoms with Crippen LogP contribution in [0.5, 0.6) is 0 Å². The molecular formula is C9H15F3N4O2S. The summed E-state index contributed by atoms with van der Waals surface area (Å²) in [6.07, 6.45) is -2.38. The molecule has 0 aliphatic rings. The van der Waals surface area contributed by atoms with Crippen molar-refractivity contribution in [2.45, 2.75) is 24.5 Å². The van der Waals surface area contributed by atoms with E-state index < -0.39 is 22.7 Å². The van der Waals surface area contributed by atoms with Crippen LogP contribution in [-0.2, 0) is 16.6 Å². The lowest BCUT2D eigenvalue weighted by Crippen LogP contribution is -2.33. The van der Waals surface area contributed by atoms with Gasteiger partial charge in [0.2, 0.25) is 10.0 Å². The minimum atomic E-state index is -4.59. The fourth-order valence-electron chi connectivity index (χ4n) is 1.24. The average Bonchev–Trinajstić information content (AvgIpc) is 2.76. The van der Waals surface area contributed by atoms with E-state index >= 15 is 0 Å². The number of halogens is 3. The van der Waals surface area contributed by atoms with Gasteiger partial charge in [-0.3, -0.25) is 4.68 Å². The van der Waals surface area contributed by atoms with E-state index in [2.05, 4.69) is 10.4 Å². The Balaban J connectivity index is 2.64. The molecule has 1 aromatic heterocycles. The van der Waals surface area contributed by atoms with E-state index in [9.17, 15) is 21.6 Å². The molecule has 10 heteroatoms. The smallest absolute Gasteiger partial charge is 0.315 e. The molecule has 0 radical (unpaired) electrons. The molecule has 0 unspecified atom stereocenters. The van der Waals surface area contributed by atoms with Crippen LogP contribution in [0.1, 0.15) is 6.92 Å². The molecule has 0 amide bonds. The maximum atomic E-state index is 12.0. The van der Waals surface area contributed by atoms with E-state index in [1.165, 1.54) is 15.6 Å². The first-order valence-electron chi connectivity index (χ1n) is 5.54. The van der Waals surface area contributed by atoms with Crippen molar-refractivity contribution < 1.29 is 21.6 Å². The first-order valence-corrected chi connectivity index (χ1v) is 7.02. The van der Waals surface area contributed by atoms with Crippen molar-refractivity contribution in [2.75, 3.05) is 19.6 Å². The Labute approximate surface area is 109 Å². The van der Waals surface area contributed by atoms with Crippen LogP contribution in [0.2, 0.25) is 0 Å². The van der Waals surface area contributed by atoms with Gasteiger partial charge in [0, 0.05) is 12.7 Å². The molecule has 0 fully saturated rings. The second-order valence-corrected chi connectivity index (χ2v) is 5.50. The summed E-state index contributed by atoms with van der Waals surface area (Å²) in [7, 11) is -4.18. The molecule has 1 rings (SSSR count). The number of sulfonamides is 1. The zero-order valence-electron chi connectivity index (χ0n) is 10.2. The SMILES string of the molecule is CCNCCn1cc(S(=O)(=O)NCC(F)(F)F)cn1. The lowest BCUT2D eigenvalue weighted by atomic mass is 10.6. The van der Waals surface area contributed by atoms with Gasteiger partial charge < -0.3 is 5.32 Å².